The minimum absolute atomic E-state index is 0. The molecule has 30 heavy (non-hydrogen) atoms. The van der Waals surface area contributed by atoms with Crippen molar-refractivity contribution >= 4 is 23.2 Å². The lowest BCUT2D eigenvalue weighted by Gasteiger charge is -2.28. The van der Waals surface area contributed by atoms with Crippen LogP contribution in [-0.4, -0.2) is 6.61 Å². The molecule has 0 saturated heterocycles. The van der Waals surface area contributed by atoms with Gasteiger partial charge in [-0.05, 0) is 61.0 Å². The third kappa shape index (κ3) is 4.59. The van der Waals surface area contributed by atoms with Crippen LogP contribution in [0.25, 0.3) is 0 Å². The fourth-order valence-electron chi connectivity index (χ4n) is 3.94. The Morgan fingerprint density at radius 3 is 1.50 bits per heavy atom. The maximum atomic E-state index is 5.79. The molecule has 0 bridgehead atoms. The molecule has 3 heteroatoms. The lowest BCUT2D eigenvalue weighted by atomic mass is 10.2. The van der Waals surface area contributed by atoms with Crippen LogP contribution in [0.1, 0.15) is 12.5 Å². The molecule has 0 fully saturated rings. The lowest BCUT2D eigenvalue weighted by molar-refractivity contribution is -0.00000628. The summed E-state index contributed by atoms with van der Waals surface area (Å²) in [6.07, 6.45) is 0.964. The van der Waals surface area contributed by atoms with E-state index in [4.69, 9.17) is 4.74 Å². The molecule has 0 heterocycles. The van der Waals surface area contributed by atoms with E-state index in [-0.39, 0.29) is 12.4 Å². The highest BCUT2D eigenvalue weighted by molar-refractivity contribution is 7.95. The molecule has 4 aromatic carbocycles. The minimum Gasteiger partial charge on any atom is -1.00 e. The second-order valence-electron chi connectivity index (χ2n) is 7.05. The zero-order chi connectivity index (χ0) is 19.9. The molecule has 0 spiro atoms. The molecular formula is C27H26ClOP. The molecule has 0 aliphatic heterocycles. The van der Waals surface area contributed by atoms with Crippen molar-refractivity contribution in [2.75, 3.05) is 6.61 Å². The summed E-state index contributed by atoms with van der Waals surface area (Å²) in [5, 5.41) is 4.21. The highest BCUT2D eigenvalue weighted by Gasteiger charge is 2.45. The van der Waals surface area contributed by atoms with Gasteiger partial charge in [0, 0.05) is 0 Å². The van der Waals surface area contributed by atoms with Crippen molar-refractivity contribution in [3.8, 4) is 5.75 Å². The van der Waals surface area contributed by atoms with Gasteiger partial charge in [-0.25, -0.2) is 0 Å². The first kappa shape index (κ1) is 22.1. The van der Waals surface area contributed by atoms with Crippen molar-refractivity contribution in [2.45, 2.75) is 13.1 Å². The van der Waals surface area contributed by atoms with Crippen molar-refractivity contribution < 1.29 is 17.1 Å². The van der Waals surface area contributed by atoms with Gasteiger partial charge in [-0.3, -0.25) is 0 Å². The van der Waals surface area contributed by atoms with Gasteiger partial charge in [0.2, 0.25) is 0 Å². The van der Waals surface area contributed by atoms with Crippen LogP contribution in [0, 0.1) is 0 Å². The highest BCUT2D eigenvalue weighted by Crippen LogP contribution is 2.58. The Hall–Kier alpha value is -2.60. The molecule has 1 nitrogen and oxygen atoms in total. The van der Waals surface area contributed by atoms with E-state index >= 15 is 0 Å². The molecule has 4 aromatic rings. The normalized spacial score (nSPS) is 10.8. The number of ether oxygens (including phenoxy) is 1. The highest BCUT2D eigenvalue weighted by atomic mass is 35.5. The minimum atomic E-state index is -1.87. The summed E-state index contributed by atoms with van der Waals surface area (Å²) in [6, 6.07) is 41.6. The average Bonchev–Trinajstić information content (AvgIpc) is 2.80. The van der Waals surface area contributed by atoms with E-state index in [9.17, 15) is 0 Å². The molecule has 0 atom stereocenters. The van der Waals surface area contributed by atoms with Crippen LogP contribution in [0.5, 0.6) is 5.75 Å². The van der Waals surface area contributed by atoms with E-state index in [1.165, 1.54) is 21.5 Å². The summed E-state index contributed by atoms with van der Waals surface area (Å²) < 4.78 is 5.79. The summed E-state index contributed by atoms with van der Waals surface area (Å²) in [5.74, 6) is 0.942. The molecule has 0 aliphatic carbocycles. The zero-order valence-electron chi connectivity index (χ0n) is 17.1. The summed E-state index contributed by atoms with van der Waals surface area (Å²) in [7, 11) is -1.87. The second kappa shape index (κ2) is 10.4. The van der Waals surface area contributed by atoms with Crippen LogP contribution in [0.4, 0.5) is 0 Å². The Kier molecular flexibility index (Phi) is 7.69. The zero-order valence-corrected chi connectivity index (χ0v) is 18.8. The van der Waals surface area contributed by atoms with E-state index < -0.39 is 7.26 Å². The van der Waals surface area contributed by atoms with Crippen molar-refractivity contribution in [1.82, 2.24) is 0 Å². The molecule has 0 N–H and O–H groups in total. The van der Waals surface area contributed by atoms with Crippen molar-refractivity contribution in [2.24, 2.45) is 0 Å². The van der Waals surface area contributed by atoms with Crippen LogP contribution < -0.4 is 33.1 Å². The lowest BCUT2D eigenvalue weighted by Crippen LogP contribution is -3.00. The first-order valence-electron chi connectivity index (χ1n) is 10.1. The topological polar surface area (TPSA) is 9.23 Å². The van der Waals surface area contributed by atoms with Crippen molar-refractivity contribution in [1.29, 1.82) is 0 Å². The van der Waals surface area contributed by atoms with Gasteiger partial charge in [0.05, 0.1) is 12.8 Å². The Morgan fingerprint density at radius 1 is 0.600 bits per heavy atom. The van der Waals surface area contributed by atoms with Gasteiger partial charge in [-0.2, -0.15) is 0 Å². The van der Waals surface area contributed by atoms with E-state index in [2.05, 4.69) is 109 Å². The predicted molar refractivity (Wildman–Crippen MR) is 126 cm³/mol. The van der Waals surface area contributed by atoms with E-state index in [0.29, 0.717) is 6.61 Å². The maximum absolute atomic E-state index is 5.79. The third-order valence-electron chi connectivity index (χ3n) is 5.22. The van der Waals surface area contributed by atoms with E-state index in [1.54, 1.807) is 0 Å². The number of hydrogen-bond acceptors (Lipinski definition) is 1. The quantitative estimate of drug-likeness (QED) is 0.408. The standard InChI is InChI=1S/C27H26OP.ClH/c1-2-28-24-14-12-13-23(21-24)22-29(25-15-6-3-7-16-25,26-17-8-4-9-18-26)27-19-10-5-11-20-27;/h3-21H,2,22H2,1H3;1H/q+1;/p-1. The van der Waals surface area contributed by atoms with Gasteiger partial charge in [-0.1, -0.05) is 66.7 Å². The van der Waals surface area contributed by atoms with Crippen molar-refractivity contribution in [3.63, 3.8) is 0 Å². The van der Waals surface area contributed by atoms with Crippen molar-refractivity contribution in [3.05, 3.63) is 121 Å². The van der Waals surface area contributed by atoms with Gasteiger partial charge >= 0.3 is 0 Å². The summed E-state index contributed by atoms with van der Waals surface area (Å²) in [5.41, 5.74) is 1.31. The number of benzene rings is 4. The SMILES string of the molecule is CCOc1cccc(C[P+](c2ccccc2)(c2ccccc2)c2ccccc2)c1.[Cl-]. The Bertz CT molecular complexity index is 939. The van der Waals surface area contributed by atoms with E-state index in [0.717, 1.165) is 11.9 Å². The first-order chi connectivity index (χ1) is 14.3. The molecule has 152 valence electrons. The number of rotatable bonds is 7. The van der Waals surface area contributed by atoms with Gasteiger partial charge < -0.3 is 17.1 Å². The van der Waals surface area contributed by atoms with Gasteiger partial charge in [0.1, 0.15) is 28.9 Å². The van der Waals surface area contributed by atoms with Gasteiger partial charge in [0.15, 0.2) is 0 Å². The number of hydrogen-bond donors (Lipinski definition) is 0. The van der Waals surface area contributed by atoms with Crippen LogP contribution in [0.3, 0.4) is 0 Å². The molecule has 0 amide bonds. The number of halogens is 1. The first-order valence-corrected chi connectivity index (χ1v) is 12.1. The fraction of sp³-hybridized carbons (Fsp3) is 0.111. The summed E-state index contributed by atoms with van der Waals surface area (Å²) >= 11 is 0. The summed E-state index contributed by atoms with van der Waals surface area (Å²) in [6.45, 7) is 2.71. The Balaban J connectivity index is 0.00000256. The predicted octanol–water partition coefficient (Wildman–Crippen LogP) is 2.58. The second-order valence-corrected chi connectivity index (χ2v) is 10.5. The van der Waals surface area contributed by atoms with Gasteiger partial charge in [-0.15, -0.1) is 0 Å². The Labute approximate surface area is 186 Å². The van der Waals surface area contributed by atoms with E-state index in [1.807, 2.05) is 13.0 Å². The third-order valence-corrected chi connectivity index (χ3v) is 9.60. The molecular weight excluding hydrogens is 407 g/mol. The van der Waals surface area contributed by atoms with Crippen LogP contribution in [0.15, 0.2) is 115 Å². The Morgan fingerprint density at radius 2 is 1.07 bits per heavy atom. The summed E-state index contributed by atoms with van der Waals surface area (Å²) in [4.78, 5) is 0. The largest absolute Gasteiger partial charge is 1.00 e. The molecule has 4 rings (SSSR count). The smallest absolute Gasteiger partial charge is 0.119 e. The molecule has 0 aliphatic rings. The maximum Gasteiger partial charge on any atom is 0.119 e. The monoisotopic (exact) mass is 432 g/mol. The molecule has 0 saturated carbocycles. The molecule has 0 aromatic heterocycles. The molecule has 0 radical (unpaired) electrons. The van der Waals surface area contributed by atoms with Crippen LogP contribution >= 0.6 is 7.26 Å². The van der Waals surface area contributed by atoms with Crippen LogP contribution in [-0.2, 0) is 6.16 Å². The molecule has 0 unspecified atom stereocenters. The fourth-order valence-corrected chi connectivity index (χ4v) is 8.17. The van der Waals surface area contributed by atoms with Gasteiger partial charge in [0.25, 0.3) is 0 Å². The van der Waals surface area contributed by atoms with Crippen LogP contribution in [0.2, 0.25) is 0 Å². The average molecular weight is 433 g/mol.